The molecule has 53 heavy (non-hydrogen) atoms. The molecule has 0 radical (unpaired) electrons. The van der Waals surface area contributed by atoms with Crippen LogP contribution < -0.4 is 0 Å². The van der Waals surface area contributed by atoms with Crippen LogP contribution in [0.15, 0.2) is 103 Å². The third-order valence-electron chi connectivity index (χ3n) is 12.5. The highest BCUT2D eigenvalue weighted by Gasteiger charge is 2.29. The first-order valence-electron chi connectivity index (χ1n) is 21.8. The normalized spacial score (nSPS) is 12.5. The fraction of sp³-hybridized carbons (Fsp3) is 0.434. The van der Waals surface area contributed by atoms with E-state index in [9.17, 15) is 0 Å². The van der Waals surface area contributed by atoms with E-state index in [0.717, 1.165) is 25.7 Å². The van der Waals surface area contributed by atoms with Gasteiger partial charge in [-0.15, -0.1) is 0 Å². The smallest absolute Gasteiger partial charge is 0.000718 e. The fourth-order valence-corrected chi connectivity index (χ4v) is 9.56. The Bertz CT molecular complexity index is 1890. The van der Waals surface area contributed by atoms with Crippen molar-refractivity contribution in [2.24, 2.45) is 0 Å². The largest absolute Gasteiger partial charge is 0.0654 e. The number of unbranched alkanes of at least 4 members (excludes halogenated alkanes) is 16. The number of benzene rings is 5. The van der Waals surface area contributed by atoms with Crippen LogP contribution in [0.2, 0.25) is 0 Å². The molecule has 0 atom stereocenters. The molecule has 0 N–H and O–H groups in total. The molecule has 0 fully saturated rings. The highest BCUT2D eigenvalue weighted by atomic mass is 14.3. The number of fused-ring (bicyclic) bond motifs is 6. The average Bonchev–Trinajstić information content (AvgIpc) is 3.77. The topological polar surface area (TPSA) is 0 Å². The molecule has 0 bridgehead atoms. The first-order valence-corrected chi connectivity index (χ1v) is 21.8. The Morgan fingerprint density at radius 2 is 0.868 bits per heavy atom. The number of aryl methyl sites for hydroxylation is 2. The van der Waals surface area contributed by atoms with E-state index in [1.165, 1.54) is 166 Å². The van der Waals surface area contributed by atoms with Crippen LogP contribution in [0.3, 0.4) is 0 Å². The van der Waals surface area contributed by atoms with E-state index in [1.807, 2.05) is 0 Å². The van der Waals surface area contributed by atoms with Crippen molar-refractivity contribution >= 4 is 0 Å². The van der Waals surface area contributed by atoms with E-state index in [-0.39, 0.29) is 0 Å². The quantitative estimate of drug-likeness (QED) is 0.0618. The lowest BCUT2D eigenvalue weighted by molar-refractivity contribution is 0.527. The summed E-state index contributed by atoms with van der Waals surface area (Å²) in [5, 5.41) is 0. The molecule has 0 heteroatoms. The van der Waals surface area contributed by atoms with Crippen LogP contribution >= 0.6 is 0 Å². The van der Waals surface area contributed by atoms with E-state index in [4.69, 9.17) is 0 Å². The van der Waals surface area contributed by atoms with Gasteiger partial charge < -0.3 is 0 Å². The zero-order valence-corrected chi connectivity index (χ0v) is 32.9. The molecule has 7 rings (SSSR count). The lowest BCUT2D eigenvalue weighted by Crippen LogP contribution is -2.06. The third kappa shape index (κ3) is 9.43. The minimum Gasteiger partial charge on any atom is -0.0654 e. The molecule has 2 aliphatic rings. The summed E-state index contributed by atoms with van der Waals surface area (Å²) in [4.78, 5) is 0. The first kappa shape index (κ1) is 37.4. The molecule has 276 valence electrons. The summed E-state index contributed by atoms with van der Waals surface area (Å²) >= 11 is 0. The number of hydrogen-bond donors (Lipinski definition) is 0. The van der Waals surface area contributed by atoms with Gasteiger partial charge in [-0.1, -0.05) is 213 Å². The monoisotopic (exact) mass is 701 g/mol. The van der Waals surface area contributed by atoms with Crippen molar-refractivity contribution in [1.29, 1.82) is 0 Å². The molecule has 5 aromatic rings. The molecule has 0 saturated carbocycles. The van der Waals surface area contributed by atoms with Gasteiger partial charge in [-0.3, -0.25) is 0 Å². The molecule has 2 aliphatic carbocycles. The lowest BCUT2D eigenvalue weighted by Gasteiger charge is -2.22. The van der Waals surface area contributed by atoms with E-state index in [1.54, 1.807) is 22.3 Å². The Hall–Kier alpha value is -3.90. The van der Waals surface area contributed by atoms with Crippen LogP contribution in [0.25, 0.3) is 33.4 Å². The second-order valence-corrected chi connectivity index (χ2v) is 16.3. The second-order valence-electron chi connectivity index (χ2n) is 16.3. The summed E-state index contributed by atoms with van der Waals surface area (Å²) in [6, 6.07) is 39.3. The molecular formula is C53H64. The molecule has 0 heterocycles. The minimum atomic E-state index is 1.03. The van der Waals surface area contributed by atoms with Crippen LogP contribution in [0, 0.1) is 0 Å². The van der Waals surface area contributed by atoms with Crippen molar-refractivity contribution in [2.75, 3.05) is 0 Å². The molecule has 0 spiro atoms. The van der Waals surface area contributed by atoms with E-state index < -0.39 is 0 Å². The van der Waals surface area contributed by atoms with Gasteiger partial charge in [-0.25, -0.2) is 0 Å². The van der Waals surface area contributed by atoms with Crippen LogP contribution in [0.1, 0.15) is 155 Å². The second kappa shape index (κ2) is 19.4. The third-order valence-corrected chi connectivity index (χ3v) is 12.5. The minimum absolute atomic E-state index is 1.03. The van der Waals surface area contributed by atoms with Gasteiger partial charge in [0.15, 0.2) is 0 Å². The van der Waals surface area contributed by atoms with Gasteiger partial charge >= 0.3 is 0 Å². The van der Waals surface area contributed by atoms with E-state index in [2.05, 4.69) is 110 Å². The van der Waals surface area contributed by atoms with Gasteiger partial charge in [0, 0.05) is 0 Å². The van der Waals surface area contributed by atoms with E-state index >= 15 is 0 Å². The highest BCUT2D eigenvalue weighted by Crippen LogP contribution is 2.49. The maximum atomic E-state index is 2.63. The van der Waals surface area contributed by atoms with Gasteiger partial charge in [0.05, 0.1) is 0 Å². The van der Waals surface area contributed by atoms with Gasteiger partial charge in [0.25, 0.3) is 0 Å². The Morgan fingerprint density at radius 3 is 1.49 bits per heavy atom. The molecule has 0 aliphatic heterocycles. The Balaban J connectivity index is 1.03. The maximum absolute atomic E-state index is 2.63. The maximum Gasteiger partial charge on any atom is -0.000718 e. The summed E-state index contributed by atoms with van der Waals surface area (Å²) in [5.74, 6) is 0. The SMILES string of the molecule is CCCCCCCCCCCCCCCCCCCc1cc2c(c(-c3cccc4c3Cc3ccccc3-4)c1CCc1ccccc1)Cc1ccccc1-2. The van der Waals surface area contributed by atoms with Gasteiger partial charge in [-0.05, 0) is 111 Å². The van der Waals surface area contributed by atoms with Crippen LogP contribution in [-0.2, 0) is 32.1 Å². The van der Waals surface area contributed by atoms with Crippen molar-refractivity contribution in [2.45, 2.75) is 148 Å². The molecular weight excluding hydrogens is 637 g/mol. The highest BCUT2D eigenvalue weighted by molar-refractivity contribution is 5.92. The number of rotatable bonds is 22. The van der Waals surface area contributed by atoms with Crippen molar-refractivity contribution < 1.29 is 0 Å². The van der Waals surface area contributed by atoms with Crippen molar-refractivity contribution in [1.82, 2.24) is 0 Å². The molecule has 0 saturated heterocycles. The zero-order valence-electron chi connectivity index (χ0n) is 32.9. The van der Waals surface area contributed by atoms with E-state index in [0.29, 0.717) is 0 Å². The van der Waals surface area contributed by atoms with Gasteiger partial charge in [0.1, 0.15) is 0 Å². The summed E-state index contributed by atoms with van der Waals surface area (Å²) in [7, 11) is 0. The summed E-state index contributed by atoms with van der Waals surface area (Å²) in [5.41, 5.74) is 19.6. The molecule has 5 aromatic carbocycles. The lowest BCUT2D eigenvalue weighted by atomic mass is 9.81. The Kier molecular flexibility index (Phi) is 13.7. The van der Waals surface area contributed by atoms with Crippen LogP contribution in [0.4, 0.5) is 0 Å². The Morgan fingerprint density at radius 1 is 0.377 bits per heavy atom. The summed E-state index contributed by atoms with van der Waals surface area (Å²) in [6.45, 7) is 2.31. The first-order chi connectivity index (χ1) is 26.3. The standard InChI is InChI=1S/C53H64/c1-2-3-4-5-6-7-8-9-10-11-12-13-14-15-16-17-21-29-44-39-50-46-33-25-23-31-43(46)40-52(50)53(47(44)37-36-41-27-19-18-20-28-41)49-35-26-34-48-45-32-24-22-30-42(45)38-51(48)49/h18-20,22-28,30-35,39H,2-17,21,29,36-38,40H2,1H3. The van der Waals surface area contributed by atoms with Crippen LogP contribution in [0.5, 0.6) is 0 Å². The zero-order chi connectivity index (χ0) is 36.1. The molecule has 0 amide bonds. The predicted molar refractivity (Wildman–Crippen MR) is 230 cm³/mol. The Labute approximate surface area is 322 Å². The average molecular weight is 701 g/mol. The molecule has 0 aromatic heterocycles. The fourth-order valence-electron chi connectivity index (χ4n) is 9.56. The predicted octanol–water partition coefficient (Wildman–Crippen LogP) is 15.5. The van der Waals surface area contributed by atoms with Gasteiger partial charge in [-0.2, -0.15) is 0 Å². The molecule has 0 unspecified atom stereocenters. The van der Waals surface area contributed by atoms with Crippen molar-refractivity contribution in [3.05, 3.63) is 142 Å². The van der Waals surface area contributed by atoms with Crippen LogP contribution in [-0.4, -0.2) is 0 Å². The number of hydrogen-bond acceptors (Lipinski definition) is 0. The molecule has 0 nitrogen and oxygen atoms in total. The van der Waals surface area contributed by atoms with Crippen molar-refractivity contribution in [3.8, 4) is 33.4 Å². The summed E-state index contributed by atoms with van der Waals surface area (Å²) in [6.07, 6.45) is 29.5. The van der Waals surface area contributed by atoms with Gasteiger partial charge in [0.2, 0.25) is 0 Å². The summed E-state index contributed by atoms with van der Waals surface area (Å²) < 4.78 is 0. The van der Waals surface area contributed by atoms with Crippen molar-refractivity contribution in [3.63, 3.8) is 0 Å².